The third kappa shape index (κ3) is 3.95. The highest BCUT2D eigenvalue weighted by atomic mass is 19.1. The second kappa shape index (κ2) is 7.53. The van der Waals surface area contributed by atoms with E-state index in [9.17, 15) is 28.0 Å². The number of nitrogens with one attached hydrogen (secondary N) is 2. The summed E-state index contributed by atoms with van der Waals surface area (Å²) in [5.74, 6) is -4.11. The van der Waals surface area contributed by atoms with Gasteiger partial charge in [-0.15, -0.1) is 0 Å². The molecule has 0 aromatic heterocycles. The van der Waals surface area contributed by atoms with Crippen molar-refractivity contribution in [2.45, 2.75) is 38.1 Å². The number of urea groups is 1. The third-order valence-electron chi connectivity index (χ3n) is 4.96. The largest absolute Gasteiger partial charge is 0.452 e. The Balaban J connectivity index is 1.56. The minimum Gasteiger partial charge on any atom is -0.452 e. The summed E-state index contributed by atoms with van der Waals surface area (Å²) >= 11 is 0. The van der Waals surface area contributed by atoms with Crippen LogP contribution in [0.1, 0.15) is 43.0 Å². The Morgan fingerprint density at radius 3 is 2.43 bits per heavy atom. The molecule has 1 aliphatic carbocycles. The van der Waals surface area contributed by atoms with Gasteiger partial charge in [-0.2, -0.15) is 5.01 Å². The van der Waals surface area contributed by atoms with Gasteiger partial charge in [-0.25, -0.2) is 18.4 Å². The van der Waals surface area contributed by atoms with Gasteiger partial charge in [-0.3, -0.25) is 15.0 Å². The lowest BCUT2D eigenvalue weighted by atomic mass is 9.77. The average molecular weight is 395 g/mol. The molecule has 0 atom stereocenters. The van der Waals surface area contributed by atoms with Gasteiger partial charge in [-0.1, -0.05) is 6.92 Å². The number of hydrazine groups is 1. The summed E-state index contributed by atoms with van der Waals surface area (Å²) in [4.78, 5) is 48.5. The molecule has 1 aromatic carbocycles. The van der Waals surface area contributed by atoms with Crippen molar-refractivity contribution in [2.24, 2.45) is 5.92 Å². The van der Waals surface area contributed by atoms with Crippen LogP contribution in [0.3, 0.4) is 0 Å². The first-order valence-electron chi connectivity index (χ1n) is 8.79. The van der Waals surface area contributed by atoms with Gasteiger partial charge >= 0.3 is 12.0 Å². The van der Waals surface area contributed by atoms with Crippen LogP contribution in [0.4, 0.5) is 13.6 Å². The fourth-order valence-corrected chi connectivity index (χ4v) is 3.36. The van der Waals surface area contributed by atoms with Gasteiger partial charge in [0, 0.05) is 6.07 Å². The maximum atomic E-state index is 13.1. The zero-order valence-electron chi connectivity index (χ0n) is 15.1. The van der Waals surface area contributed by atoms with Crippen molar-refractivity contribution in [3.8, 4) is 0 Å². The van der Waals surface area contributed by atoms with Crippen LogP contribution in [0.5, 0.6) is 0 Å². The summed E-state index contributed by atoms with van der Waals surface area (Å²) in [5.41, 5.74) is 0.670. The van der Waals surface area contributed by atoms with Gasteiger partial charge in [0.2, 0.25) is 0 Å². The predicted molar refractivity (Wildman–Crippen MR) is 90.5 cm³/mol. The Bertz CT molecular complexity index is 816. The number of carbonyl (C=O) groups is 4. The normalized spacial score (nSPS) is 24.2. The molecule has 2 N–H and O–H groups in total. The Hall–Kier alpha value is -3.04. The molecule has 1 aliphatic heterocycles. The number of rotatable bonds is 4. The standard InChI is InChI=1S/C18H19F2N3O5/c1-10-2-4-18(5-3-10)16(26)23(17(27)21-18)22-14(24)9-28-15(25)11-6-12(19)8-13(20)7-11/h6-8,10H,2-5,9H2,1H3,(H,21,27)(H,22,24). The highest BCUT2D eigenvalue weighted by molar-refractivity contribution is 6.08. The fraction of sp³-hybridized carbons (Fsp3) is 0.444. The van der Waals surface area contributed by atoms with Gasteiger partial charge in [0.1, 0.15) is 17.2 Å². The first-order valence-corrected chi connectivity index (χ1v) is 8.79. The Labute approximate surface area is 159 Å². The van der Waals surface area contributed by atoms with Gasteiger partial charge in [0.05, 0.1) is 5.56 Å². The van der Waals surface area contributed by atoms with Crippen LogP contribution in [0.2, 0.25) is 0 Å². The SMILES string of the molecule is CC1CCC2(CC1)NC(=O)N(NC(=O)COC(=O)c1cc(F)cc(F)c1)C2=O. The molecular formula is C18H19F2N3O5. The number of nitrogens with zero attached hydrogens (tertiary/aromatic N) is 1. The molecular weight excluding hydrogens is 376 g/mol. The highest BCUT2D eigenvalue weighted by Crippen LogP contribution is 2.35. The van der Waals surface area contributed by atoms with Crippen molar-refractivity contribution >= 4 is 23.8 Å². The molecule has 0 bridgehead atoms. The topological polar surface area (TPSA) is 105 Å². The summed E-state index contributed by atoms with van der Waals surface area (Å²) in [6.45, 7) is 1.23. The summed E-state index contributed by atoms with van der Waals surface area (Å²) in [6.07, 6.45) is 2.50. The molecule has 1 heterocycles. The van der Waals surface area contributed by atoms with E-state index in [0.29, 0.717) is 29.8 Å². The molecule has 2 aliphatic rings. The molecule has 0 radical (unpaired) electrons. The monoisotopic (exact) mass is 395 g/mol. The van der Waals surface area contributed by atoms with E-state index < -0.39 is 53.2 Å². The molecule has 1 saturated heterocycles. The second-order valence-electron chi connectivity index (χ2n) is 7.10. The van der Waals surface area contributed by atoms with Gasteiger partial charge in [0.25, 0.3) is 11.8 Å². The Morgan fingerprint density at radius 1 is 1.21 bits per heavy atom. The molecule has 3 rings (SSSR count). The van der Waals surface area contributed by atoms with E-state index in [1.54, 1.807) is 0 Å². The Morgan fingerprint density at radius 2 is 1.82 bits per heavy atom. The molecule has 1 aromatic rings. The summed E-state index contributed by atoms with van der Waals surface area (Å²) in [7, 11) is 0. The van der Waals surface area contributed by atoms with Crippen LogP contribution in [-0.4, -0.2) is 41.0 Å². The number of imide groups is 1. The second-order valence-corrected chi connectivity index (χ2v) is 7.10. The van der Waals surface area contributed by atoms with Crippen LogP contribution in [-0.2, 0) is 14.3 Å². The predicted octanol–water partition coefficient (Wildman–Crippen LogP) is 1.65. The zero-order valence-corrected chi connectivity index (χ0v) is 15.1. The zero-order chi connectivity index (χ0) is 20.5. The van der Waals surface area contributed by atoms with Crippen LogP contribution in [0.25, 0.3) is 0 Å². The smallest absolute Gasteiger partial charge is 0.344 e. The van der Waals surface area contributed by atoms with Crippen LogP contribution < -0.4 is 10.7 Å². The minimum absolute atomic E-state index is 0.407. The van der Waals surface area contributed by atoms with E-state index in [1.165, 1.54) is 0 Å². The number of ether oxygens (including phenoxy) is 1. The van der Waals surface area contributed by atoms with Gasteiger partial charge in [0.15, 0.2) is 6.61 Å². The molecule has 2 fully saturated rings. The number of esters is 1. The molecule has 1 spiro atoms. The lowest BCUT2D eigenvalue weighted by Gasteiger charge is -2.33. The number of amides is 4. The average Bonchev–Trinajstić information content (AvgIpc) is 2.86. The number of hydrogen-bond donors (Lipinski definition) is 2. The first kappa shape index (κ1) is 19.7. The lowest BCUT2D eigenvalue weighted by molar-refractivity contribution is -0.141. The van der Waals surface area contributed by atoms with E-state index >= 15 is 0 Å². The van der Waals surface area contributed by atoms with Crippen molar-refractivity contribution in [1.82, 2.24) is 15.8 Å². The van der Waals surface area contributed by atoms with Crippen molar-refractivity contribution in [3.63, 3.8) is 0 Å². The number of carbonyl (C=O) groups excluding carboxylic acids is 4. The van der Waals surface area contributed by atoms with E-state index in [-0.39, 0.29) is 0 Å². The molecule has 28 heavy (non-hydrogen) atoms. The third-order valence-corrected chi connectivity index (χ3v) is 4.96. The molecule has 10 heteroatoms. The molecule has 8 nitrogen and oxygen atoms in total. The van der Waals surface area contributed by atoms with E-state index in [4.69, 9.17) is 0 Å². The molecule has 0 unspecified atom stereocenters. The minimum atomic E-state index is -1.12. The number of benzene rings is 1. The molecule has 1 saturated carbocycles. The summed E-state index contributed by atoms with van der Waals surface area (Å²) in [6, 6.07) is 1.35. The van der Waals surface area contributed by atoms with Crippen molar-refractivity contribution in [2.75, 3.05) is 6.61 Å². The Kier molecular flexibility index (Phi) is 5.30. The van der Waals surface area contributed by atoms with Gasteiger partial charge in [-0.05, 0) is 43.7 Å². The van der Waals surface area contributed by atoms with E-state index in [2.05, 4.69) is 22.4 Å². The van der Waals surface area contributed by atoms with Crippen molar-refractivity contribution < 1.29 is 32.7 Å². The van der Waals surface area contributed by atoms with Crippen LogP contribution >= 0.6 is 0 Å². The highest BCUT2D eigenvalue weighted by Gasteiger charge is 2.52. The molecule has 150 valence electrons. The summed E-state index contributed by atoms with van der Waals surface area (Å²) in [5, 5.41) is 3.21. The molecule has 4 amide bonds. The first-order chi connectivity index (χ1) is 13.2. The van der Waals surface area contributed by atoms with Crippen molar-refractivity contribution in [3.05, 3.63) is 35.4 Å². The quantitative estimate of drug-likeness (QED) is 0.596. The summed E-state index contributed by atoms with van der Waals surface area (Å²) < 4.78 is 30.9. The number of hydrogen-bond acceptors (Lipinski definition) is 5. The lowest BCUT2D eigenvalue weighted by Crippen LogP contribution is -2.52. The van der Waals surface area contributed by atoms with E-state index in [1.807, 2.05) is 0 Å². The van der Waals surface area contributed by atoms with Crippen LogP contribution in [0.15, 0.2) is 18.2 Å². The van der Waals surface area contributed by atoms with Crippen LogP contribution in [0, 0.1) is 17.6 Å². The van der Waals surface area contributed by atoms with E-state index in [0.717, 1.165) is 25.0 Å². The number of halogens is 2. The fourth-order valence-electron chi connectivity index (χ4n) is 3.36. The van der Waals surface area contributed by atoms with Crippen molar-refractivity contribution in [1.29, 1.82) is 0 Å². The maximum absolute atomic E-state index is 13.1. The van der Waals surface area contributed by atoms with Gasteiger partial charge < -0.3 is 10.1 Å². The maximum Gasteiger partial charge on any atom is 0.344 e.